The quantitative estimate of drug-likeness (QED) is 0.278. The van der Waals surface area contributed by atoms with Gasteiger partial charge in [0, 0.05) is 8.80 Å². The molecule has 1 aliphatic carbocycles. The van der Waals surface area contributed by atoms with E-state index in [1.54, 1.807) is 43.1 Å². The van der Waals surface area contributed by atoms with Gasteiger partial charge in [0.2, 0.25) is 0 Å². The van der Waals surface area contributed by atoms with Crippen LogP contribution in [0.5, 0.6) is 5.75 Å². The fourth-order valence-corrected chi connectivity index (χ4v) is 9.41. The van der Waals surface area contributed by atoms with Crippen LogP contribution in [0.25, 0.3) is 0 Å². The van der Waals surface area contributed by atoms with Crippen LogP contribution in [0.2, 0.25) is 18.1 Å². The Balaban J connectivity index is 1.27. The van der Waals surface area contributed by atoms with E-state index in [9.17, 15) is 13.2 Å². The van der Waals surface area contributed by atoms with Crippen LogP contribution in [-0.2, 0) is 6.42 Å². The monoisotopic (exact) mass is 440 g/mol. The summed E-state index contributed by atoms with van der Waals surface area (Å²) < 4.78 is 40.6. The number of benzene rings is 1. The van der Waals surface area contributed by atoms with Crippen LogP contribution in [0.4, 0.5) is 13.2 Å². The Hall–Kier alpha value is -0.973. The highest BCUT2D eigenvalue weighted by molar-refractivity contribution is 6.58. The molecule has 0 bridgehead atoms. The maximum Gasteiger partial charge on any atom is 0.573 e. The average Bonchev–Trinajstić information content (AvgIpc) is 2.73. The molecule has 1 saturated heterocycles. The zero-order chi connectivity index (χ0) is 21.4. The molecule has 0 spiro atoms. The molecular formula is C25H39F3OSi. The third kappa shape index (κ3) is 7.94. The second kappa shape index (κ2) is 11.6. The Kier molecular flexibility index (Phi) is 9.15. The lowest BCUT2D eigenvalue weighted by Gasteiger charge is -2.37. The number of ether oxygens (including phenoxy) is 1. The van der Waals surface area contributed by atoms with E-state index in [1.807, 2.05) is 0 Å². The minimum absolute atomic E-state index is 0.135. The maximum absolute atomic E-state index is 12.2. The number of aryl methyl sites for hydroxylation is 1. The van der Waals surface area contributed by atoms with Gasteiger partial charge in [0.25, 0.3) is 0 Å². The van der Waals surface area contributed by atoms with Crippen molar-refractivity contribution in [3.63, 3.8) is 0 Å². The van der Waals surface area contributed by atoms with Crippen LogP contribution in [0, 0.1) is 17.8 Å². The van der Waals surface area contributed by atoms with Crippen LogP contribution < -0.4 is 4.74 Å². The minimum atomic E-state index is -4.61. The third-order valence-corrected chi connectivity index (χ3v) is 11.3. The van der Waals surface area contributed by atoms with Crippen molar-refractivity contribution in [2.24, 2.45) is 17.8 Å². The predicted octanol–water partition coefficient (Wildman–Crippen LogP) is 8.15. The standard InChI is InChI=1S/C25H39F3OSi/c1-2-17-30-18-15-23(16-19-30)22-11-7-20(8-12-22)5-3-4-6-21-9-13-24(14-10-21)29-25(26,27)28/h9-10,13-14,20,22-23,30H,2-8,11-12,15-19H2,1H3. The van der Waals surface area contributed by atoms with Gasteiger partial charge in [-0.3, -0.25) is 0 Å². The molecule has 0 amide bonds. The minimum Gasteiger partial charge on any atom is -0.406 e. The molecule has 5 heteroatoms. The lowest BCUT2D eigenvalue weighted by Crippen LogP contribution is -2.28. The van der Waals surface area contributed by atoms with Gasteiger partial charge < -0.3 is 4.74 Å². The summed E-state index contributed by atoms with van der Waals surface area (Å²) in [4.78, 5) is 0. The summed E-state index contributed by atoms with van der Waals surface area (Å²) in [5.41, 5.74) is 1.09. The molecule has 1 saturated carbocycles. The fraction of sp³-hybridized carbons (Fsp3) is 0.760. The number of unbranched alkanes of at least 4 members (excludes halogenated alkanes) is 1. The molecule has 0 N–H and O–H groups in total. The van der Waals surface area contributed by atoms with Gasteiger partial charge in [-0.2, -0.15) is 0 Å². The predicted molar refractivity (Wildman–Crippen MR) is 121 cm³/mol. The number of rotatable bonds is 9. The zero-order valence-corrected chi connectivity index (χ0v) is 19.7. The number of halogens is 3. The highest BCUT2D eigenvalue weighted by Crippen LogP contribution is 2.42. The Labute approximate surface area is 182 Å². The Morgan fingerprint density at radius 1 is 0.900 bits per heavy atom. The van der Waals surface area contributed by atoms with Gasteiger partial charge in [0.15, 0.2) is 0 Å². The molecule has 1 nitrogen and oxygen atoms in total. The maximum atomic E-state index is 12.2. The van der Waals surface area contributed by atoms with E-state index < -0.39 is 6.36 Å². The van der Waals surface area contributed by atoms with E-state index in [1.165, 1.54) is 57.1 Å². The third-order valence-electron chi connectivity index (χ3n) is 7.63. The van der Waals surface area contributed by atoms with Crippen molar-refractivity contribution in [3.8, 4) is 5.75 Å². The first-order valence-corrected chi connectivity index (χ1v) is 14.7. The van der Waals surface area contributed by atoms with E-state index in [0.717, 1.165) is 36.2 Å². The number of alkyl halides is 3. The number of hydrogen-bond donors (Lipinski definition) is 0. The molecule has 1 heterocycles. The zero-order valence-electron chi connectivity index (χ0n) is 18.6. The second-order valence-corrected chi connectivity index (χ2v) is 13.3. The smallest absolute Gasteiger partial charge is 0.406 e. The molecule has 3 rings (SSSR count). The molecule has 1 aliphatic heterocycles. The Morgan fingerprint density at radius 3 is 2.13 bits per heavy atom. The average molecular weight is 441 g/mol. The van der Waals surface area contributed by atoms with Crippen molar-refractivity contribution in [2.45, 2.75) is 102 Å². The molecule has 0 atom stereocenters. The fourth-order valence-electron chi connectivity index (χ4n) is 5.92. The molecule has 2 aliphatic rings. The van der Waals surface area contributed by atoms with Gasteiger partial charge in [0.05, 0.1) is 0 Å². The first-order valence-electron chi connectivity index (χ1n) is 12.3. The lowest BCUT2D eigenvalue weighted by atomic mass is 9.73. The van der Waals surface area contributed by atoms with E-state index >= 15 is 0 Å². The largest absolute Gasteiger partial charge is 0.573 e. The SMILES string of the molecule is CCC[SiH]1CCC(C2CCC(CCCCc3ccc(OC(F)(F)F)cc3)CC2)CC1. The van der Waals surface area contributed by atoms with Crippen molar-refractivity contribution in [1.29, 1.82) is 0 Å². The summed E-state index contributed by atoms with van der Waals surface area (Å²) in [6.45, 7) is 2.35. The molecule has 0 radical (unpaired) electrons. The van der Waals surface area contributed by atoms with Crippen molar-refractivity contribution in [3.05, 3.63) is 29.8 Å². The van der Waals surface area contributed by atoms with Crippen LogP contribution >= 0.6 is 0 Å². The molecule has 2 fully saturated rings. The van der Waals surface area contributed by atoms with Crippen LogP contribution in [0.3, 0.4) is 0 Å². The summed E-state index contributed by atoms with van der Waals surface area (Å²) in [7, 11) is -0.346. The molecule has 30 heavy (non-hydrogen) atoms. The van der Waals surface area contributed by atoms with E-state index in [0.29, 0.717) is 0 Å². The first kappa shape index (κ1) is 23.7. The molecule has 0 aromatic heterocycles. The Morgan fingerprint density at radius 2 is 1.53 bits per heavy atom. The molecule has 1 aromatic rings. The summed E-state index contributed by atoms with van der Waals surface area (Å²) in [6.07, 6.45) is 10.2. The highest BCUT2D eigenvalue weighted by Gasteiger charge is 2.31. The van der Waals surface area contributed by atoms with Gasteiger partial charge in [-0.15, -0.1) is 13.2 Å². The van der Waals surface area contributed by atoms with Crippen molar-refractivity contribution in [1.82, 2.24) is 0 Å². The molecule has 170 valence electrons. The van der Waals surface area contributed by atoms with Crippen LogP contribution in [-0.4, -0.2) is 15.2 Å². The van der Waals surface area contributed by atoms with Gasteiger partial charge in [-0.05, 0) is 61.1 Å². The summed E-state index contributed by atoms with van der Waals surface area (Å²) >= 11 is 0. The van der Waals surface area contributed by atoms with Crippen molar-refractivity contribution < 1.29 is 17.9 Å². The number of hydrogen-bond acceptors (Lipinski definition) is 1. The topological polar surface area (TPSA) is 9.23 Å². The van der Waals surface area contributed by atoms with Gasteiger partial charge in [0.1, 0.15) is 5.75 Å². The first-order chi connectivity index (χ1) is 14.4. The van der Waals surface area contributed by atoms with Crippen molar-refractivity contribution >= 4 is 8.80 Å². The van der Waals surface area contributed by atoms with Crippen LogP contribution in [0.1, 0.15) is 76.7 Å². The summed E-state index contributed by atoms with van der Waals surface area (Å²) in [5.74, 6) is 2.81. The van der Waals surface area contributed by atoms with Gasteiger partial charge >= 0.3 is 6.36 Å². The lowest BCUT2D eigenvalue weighted by molar-refractivity contribution is -0.274. The molecular weight excluding hydrogens is 401 g/mol. The normalized spacial score (nSPS) is 27.7. The molecule has 1 aromatic carbocycles. The van der Waals surface area contributed by atoms with E-state index in [4.69, 9.17) is 0 Å². The van der Waals surface area contributed by atoms with Crippen molar-refractivity contribution in [2.75, 3.05) is 0 Å². The summed E-state index contributed by atoms with van der Waals surface area (Å²) in [6, 6.07) is 11.1. The van der Waals surface area contributed by atoms with Crippen LogP contribution in [0.15, 0.2) is 24.3 Å². The van der Waals surface area contributed by atoms with Gasteiger partial charge in [-0.1, -0.05) is 82.1 Å². The molecule has 0 unspecified atom stereocenters. The van der Waals surface area contributed by atoms with E-state index in [-0.39, 0.29) is 14.5 Å². The highest BCUT2D eigenvalue weighted by atomic mass is 28.3. The second-order valence-electron chi connectivity index (χ2n) is 9.79. The van der Waals surface area contributed by atoms with Gasteiger partial charge in [-0.25, -0.2) is 0 Å². The van der Waals surface area contributed by atoms with E-state index in [2.05, 4.69) is 11.7 Å². The summed E-state index contributed by atoms with van der Waals surface area (Å²) in [5, 5.41) is 0. The Bertz CT molecular complexity index is 600.